The molecule has 1 saturated heterocycles. The summed E-state index contributed by atoms with van der Waals surface area (Å²) in [7, 11) is 0. The Balaban J connectivity index is 2.12. The Morgan fingerprint density at radius 2 is 1.94 bits per heavy atom. The van der Waals surface area contributed by atoms with E-state index in [9.17, 15) is 0 Å². The first-order valence-electron chi connectivity index (χ1n) is 7.06. The molecule has 0 bridgehead atoms. The molecule has 0 radical (unpaired) electrons. The summed E-state index contributed by atoms with van der Waals surface area (Å²) in [5, 5.41) is 0. The maximum atomic E-state index is 5.84. The van der Waals surface area contributed by atoms with Crippen molar-refractivity contribution in [2.45, 2.75) is 64.0 Å². The number of likely N-dealkylation sites (tertiary alicyclic amines) is 1. The maximum absolute atomic E-state index is 5.84. The summed E-state index contributed by atoms with van der Waals surface area (Å²) in [5.74, 6) is 5.84. The molecular formula is C14H27N3. The van der Waals surface area contributed by atoms with Crippen LogP contribution in [0.15, 0.2) is 11.6 Å². The summed E-state index contributed by atoms with van der Waals surface area (Å²) in [4.78, 5) is 2.59. The molecule has 17 heavy (non-hydrogen) atoms. The average molecular weight is 237 g/mol. The molecule has 1 aliphatic heterocycles. The quantitative estimate of drug-likeness (QED) is 0.447. The molecule has 1 unspecified atom stereocenters. The minimum atomic E-state index is 0.133. The highest BCUT2D eigenvalue weighted by atomic mass is 15.3. The molecule has 1 heterocycles. The summed E-state index contributed by atoms with van der Waals surface area (Å²) < 4.78 is 0. The molecule has 0 aromatic rings. The molecule has 0 aromatic carbocycles. The number of rotatable bonds is 4. The van der Waals surface area contributed by atoms with Crippen LogP contribution in [0.5, 0.6) is 0 Å². The van der Waals surface area contributed by atoms with Crippen LogP contribution in [0.1, 0.15) is 52.4 Å². The first-order valence-corrected chi connectivity index (χ1v) is 7.06. The van der Waals surface area contributed by atoms with Gasteiger partial charge in [0.2, 0.25) is 0 Å². The number of hydrogen-bond donors (Lipinski definition) is 2. The van der Waals surface area contributed by atoms with E-state index in [1.807, 2.05) is 0 Å². The van der Waals surface area contributed by atoms with Gasteiger partial charge in [-0.15, -0.1) is 0 Å². The molecule has 98 valence electrons. The standard InChI is InChI=1S/C14H27N3/c1-14(2,17-10-6-7-11-17)13(16-15)12-8-4-3-5-9-12/h8,13,16H,3-7,9-11,15H2,1-2H3. The Morgan fingerprint density at radius 3 is 2.47 bits per heavy atom. The Hall–Kier alpha value is -0.380. The van der Waals surface area contributed by atoms with Gasteiger partial charge in [-0.3, -0.25) is 16.2 Å². The van der Waals surface area contributed by atoms with Crippen LogP contribution in [0.2, 0.25) is 0 Å². The number of nitrogens with zero attached hydrogens (tertiary/aromatic N) is 1. The number of nitrogens with two attached hydrogens (primary N) is 1. The fourth-order valence-electron chi connectivity index (χ4n) is 3.37. The second kappa shape index (κ2) is 5.51. The van der Waals surface area contributed by atoms with E-state index in [2.05, 4.69) is 30.2 Å². The fourth-order valence-corrected chi connectivity index (χ4v) is 3.37. The predicted molar refractivity (Wildman–Crippen MR) is 72.5 cm³/mol. The van der Waals surface area contributed by atoms with Gasteiger partial charge >= 0.3 is 0 Å². The molecule has 0 saturated carbocycles. The topological polar surface area (TPSA) is 41.3 Å². The Morgan fingerprint density at radius 1 is 1.24 bits per heavy atom. The number of nitrogens with one attached hydrogen (secondary N) is 1. The fraction of sp³-hybridized carbons (Fsp3) is 0.857. The van der Waals surface area contributed by atoms with Crippen LogP contribution < -0.4 is 11.3 Å². The Kier molecular flexibility index (Phi) is 4.23. The van der Waals surface area contributed by atoms with Gasteiger partial charge in [-0.1, -0.05) is 11.6 Å². The Bertz CT molecular complexity index is 277. The number of allylic oxidation sites excluding steroid dienone is 1. The van der Waals surface area contributed by atoms with Crippen molar-refractivity contribution in [1.82, 2.24) is 10.3 Å². The van der Waals surface area contributed by atoms with E-state index in [1.54, 1.807) is 0 Å². The van der Waals surface area contributed by atoms with Crippen molar-refractivity contribution in [3.8, 4) is 0 Å². The predicted octanol–water partition coefficient (Wildman–Crippen LogP) is 2.19. The molecule has 2 aliphatic rings. The lowest BCUT2D eigenvalue weighted by molar-refractivity contribution is 0.119. The van der Waals surface area contributed by atoms with Crippen molar-refractivity contribution in [3.05, 3.63) is 11.6 Å². The van der Waals surface area contributed by atoms with E-state index >= 15 is 0 Å². The molecule has 3 N–H and O–H groups in total. The van der Waals surface area contributed by atoms with E-state index in [4.69, 9.17) is 5.84 Å². The molecule has 1 aliphatic carbocycles. The second-order valence-electron chi connectivity index (χ2n) is 5.97. The zero-order valence-corrected chi connectivity index (χ0v) is 11.3. The summed E-state index contributed by atoms with van der Waals surface area (Å²) in [6.45, 7) is 7.10. The zero-order valence-electron chi connectivity index (χ0n) is 11.3. The van der Waals surface area contributed by atoms with Crippen LogP contribution in [-0.2, 0) is 0 Å². The van der Waals surface area contributed by atoms with Crippen LogP contribution >= 0.6 is 0 Å². The highest BCUT2D eigenvalue weighted by Crippen LogP contribution is 2.31. The first-order chi connectivity index (χ1) is 8.16. The minimum Gasteiger partial charge on any atom is -0.296 e. The third kappa shape index (κ3) is 2.72. The maximum Gasteiger partial charge on any atom is 0.0598 e. The Labute approximate surface area is 105 Å². The summed E-state index contributed by atoms with van der Waals surface area (Å²) in [5.41, 5.74) is 4.74. The van der Waals surface area contributed by atoms with Crippen LogP contribution in [0.4, 0.5) is 0 Å². The SMILES string of the molecule is CC(C)(C(NN)C1=CCCCC1)N1CCCC1. The average Bonchev–Trinajstić information content (AvgIpc) is 2.85. The van der Waals surface area contributed by atoms with Gasteiger partial charge in [0.25, 0.3) is 0 Å². The van der Waals surface area contributed by atoms with Crippen molar-refractivity contribution in [2.24, 2.45) is 5.84 Å². The lowest BCUT2D eigenvalue weighted by Gasteiger charge is -2.43. The molecule has 0 amide bonds. The molecule has 3 heteroatoms. The van der Waals surface area contributed by atoms with Crippen molar-refractivity contribution in [3.63, 3.8) is 0 Å². The van der Waals surface area contributed by atoms with Crippen LogP contribution in [-0.4, -0.2) is 29.6 Å². The van der Waals surface area contributed by atoms with Crippen LogP contribution in [0, 0.1) is 0 Å². The smallest absolute Gasteiger partial charge is 0.0598 e. The summed E-state index contributed by atoms with van der Waals surface area (Å²) in [6.07, 6.45) is 10.2. The van der Waals surface area contributed by atoms with Crippen molar-refractivity contribution < 1.29 is 0 Å². The molecule has 1 atom stereocenters. The largest absolute Gasteiger partial charge is 0.296 e. The van der Waals surface area contributed by atoms with Crippen molar-refractivity contribution >= 4 is 0 Å². The molecular weight excluding hydrogens is 210 g/mol. The van der Waals surface area contributed by atoms with Gasteiger partial charge in [0.05, 0.1) is 6.04 Å². The first kappa shape index (κ1) is 13.1. The summed E-state index contributed by atoms with van der Waals surface area (Å²) in [6, 6.07) is 0.306. The zero-order chi connectivity index (χ0) is 12.3. The van der Waals surface area contributed by atoms with Crippen LogP contribution in [0.25, 0.3) is 0 Å². The molecule has 0 spiro atoms. The van der Waals surface area contributed by atoms with Crippen molar-refractivity contribution in [1.29, 1.82) is 0 Å². The van der Waals surface area contributed by atoms with Gasteiger partial charge in [0.15, 0.2) is 0 Å². The van der Waals surface area contributed by atoms with Crippen LogP contribution in [0.3, 0.4) is 0 Å². The highest BCUT2D eigenvalue weighted by molar-refractivity contribution is 5.19. The van der Waals surface area contributed by atoms with E-state index in [0.717, 1.165) is 0 Å². The normalized spacial score (nSPS) is 24.8. The summed E-state index contributed by atoms with van der Waals surface area (Å²) >= 11 is 0. The number of hydrogen-bond acceptors (Lipinski definition) is 3. The van der Waals surface area contributed by atoms with Gasteiger partial charge in [-0.2, -0.15) is 0 Å². The highest BCUT2D eigenvalue weighted by Gasteiger charge is 2.38. The monoisotopic (exact) mass is 237 g/mol. The van der Waals surface area contributed by atoms with Gasteiger partial charge in [-0.05, 0) is 65.5 Å². The third-order valence-corrected chi connectivity index (χ3v) is 4.49. The molecule has 3 nitrogen and oxygen atoms in total. The van der Waals surface area contributed by atoms with E-state index in [-0.39, 0.29) is 5.54 Å². The lowest BCUT2D eigenvalue weighted by Crippen LogP contribution is -2.59. The van der Waals surface area contributed by atoms with E-state index in [1.165, 1.54) is 57.2 Å². The van der Waals surface area contributed by atoms with Crippen molar-refractivity contribution in [2.75, 3.05) is 13.1 Å². The number of hydrazine groups is 1. The second-order valence-corrected chi connectivity index (χ2v) is 5.97. The van der Waals surface area contributed by atoms with Gasteiger partial charge in [-0.25, -0.2) is 0 Å². The van der Waals surface area contributed by atoms with Gasteiger partial charge in [0, 0.05) is 5.54 Å². The van der Waals surface area contributed by atoms with E-state index < -0.39 is 0 Å². The molecule has 0 aromatic heterocycles. The third-order valence-electron chi connectivity index (χ3n) is 4.49. The minimum absolute atomic E-state index is 0.133. The lowest BCUT2D eigenvalue weighted by atomic mass is 9.82. The van der Waals surface area contributed by atoms with Gasteiger partial charge in [0.1, 0.15) is 0 Å². The molecule has 1 fully saturated rings. The molecule has 2 rings (SSSR count). The van der Waals surface area contributed by atoms with Gasteiger partial charge < -0.3 is 0 Å². The van der Waals surface area contributed by atoms with E-state index in [0.29, 0.717) is 6.04 Å².